The Kier molecular flexibility index (Phi) is 5.05. The van der Waals surface area contributed by atoms with Crippen LogP contribution in [0.3, 0.4) is 0 Å². The molecular formula is C22H22O2S. The fourth-order valence-electron chi connectivity index (χ4n) is 3.22. The summed E-state index contributed by atoms with van der Waals surface area (Å²) < 4.78 is 25.9. The minimum Gasteiger partial charge on any atom is -0.224 e. The van der Waals surface area contributed by atoms with Crippen molar-refractivity contribution in [3.63, 3.8) is 0 Å². The molecule has 0 aliphatic heterocycles. The Hall–Kier alpha value is -2.39. The molecule has 0 aliphatic rings. The van der Waals surface area contributed by atoms with Crippen LogP contribution in [0.4, 0.5) is 0 Å². The number of aryl methyl sites for hydroxylation is 2. The molecule has 3 heteroatoms. The predicted molar refractivity (Wildman–Crippen MR) is 103 cm³/mol. The Bertz CT molecular complexity index is 926. The number of hydrogen-bond donors (Lipinski definition) is 0. The largest absolute Gasteiger partial charge is 0.224 e. The molecule has 0 fully saturated rings. The third kappa shape index (κ3) is 4.18. The maximum Gasteiger partial charge on any atom is 0.179 e. The van der Waals surface area contributed by atoms with Crippen molar-refractivity contribution in [3.05, 3.63) is 101 Å². The maximum atomic E-state index is 13.0. The highest BCUT2D eigenvalue weighted by Crippen LogP contribution is 2.30. The first-order valence-corrected chi connectivity index (χ1v) is 10.0. The topological polar surface area (TPSA) is 34.1 Å². The molecule has 0 spiro atoms. The zero-order chi connectivity index (χ0) is 17.9. The molecule has 0 saturated heterocycles. The monoisotopic (exact) mass is 350 g/mol. The lowest BCUT2D eigenvalue weighted by molar-refractivity contribution is 0.592. The van der Waals surface area contributed by atoms with Gasteiger partial charge in [-0.3, -0.25) is 0 Å². The lowest BCUT2D eigenvalue weighted by Gasteiger charge is -2.19. The van der Waals surface area contributed by atoms with Gasteiger partial charge in [-0.1, -0.05) is 77.9 Å². The second kappa shape index (κ2) is 7.24. The summed E-state index contributed by atoms with van der Waals surface area (Å²) >= 11 is 0. The van der Waals surface area contributed by atoms with E-state index in [1.165, 1.54) is 0 Å². The number of rotatable bonds is 5. The number of benzene rings is 3. The Morgan fingerprint density at radius 1 is 0.720 bits per heavy atom. The summed E-state index contributed by atoms with van der Waals surface area (Å²) in [5.41, 5.74) is 4.36. The molecule has 0 unspecified atom stereocenters. The first-order chi connectivity index (χ1) is 12.0. The molecule has 0 aromatic heterocycles. The van der Waals surface area contributed by atoms with Crippen molar-refractivity contribution in [2.45, 2.75) is 24.7 Å². The molecule has 0 saturated carbocycles. The molecule has 0 heterocycles. The van der Waals surface area contributed by atoms with E-state index >= 15 is 0 Å². The predicted octanol–water partition coefficient (Wildman–Crippen LogP) is 4.91. The second-order valence-corrected chi connectivity index (χ2v) is 8.51. The molecule has 0 radical (unpaired) electrons. The summed E-state index contributed by atoms with van der Waals surface area (Å²) in [6.45, 7) is 4.09. The third-order valence-corrected chi connectivity index (χ3v) is 6.10. The van der Waals surface area contributed by atoms with E-state index in [1.807, 2.05) is 50.2 Å². The van der Waals surface area contributed by atoms with E-state index < -0.39 is 9.84 Å². The quantitative estimate of drug-likeness (QED) is 0.655. The summed E-state index contributed by atoms with van der Waals surface area (Å²) in [7, 11) is -3.38. The van der Waals surface area contributed by atoms with Gasteiger partial charge >= 0.3 is 0 Å². The Labute approximate surface area is 150 Å². The van der Waals surface area contributed by atoms with Gasteiger partial charge in [-0.15, -0.1) is 0 Å². The Morgan fingerprint density at radius 2 is 1.24 bits per heavy atom. The van der Waals surface area contributed by atoms with Gasteiger partial charge in [-0.2, -0.15) is 0 Å². The molecule has 0 amide bonds. The molecule has 3 rings (SSSR count). The summed E-state index contributed by atoms with van der Waals surface area (Å²) in [5, 5.41) is 0. The minimum atomic E-state index is -3.38. The molecular weight excluding hydrogens is 328 g/mol. The van der Waals surface area contributed by atoms with Gasteiger partial charge in [0.1, 0.15) is 0 Å². The fraction of sp³-hybridized carbons (Fsp3) is 0.182. The molecule has 128 valence electrons. The fourth-order valence-corrected chi connectivity index (χ4v) is 4.81. The van der Waals surface area contributed by atoms with Crippen LogP contribution >= 0.6 is 0 Å². The standard InChI is InChI=1S/C22H22O2S/c1-17-13-18(2)15-20(14-17)22(19-9-5-3-6-10-19)16-25(23,24)21-11-7-4-8-12-21/h3-15,22H,16H2,1-2H3/t22-/m1/s1. The van der Waals surface area contributed by atoms with Crippen LogP contribution in [0.25, 0.3) is 0 Å². The summed E-state index contributed by atoms with van der Waals surface area (Å²) in [4.78, 5) is 0.375. The normalized spacial score (nSPS) is 12.7. The molecule has 0 N–H and O–H groups in total. The minimum absolute atomic E-state index is 0.0594. The molecule has 0 bridgehead atoms. The van der Waals surface area contributed by atoms with E-state index in [0.717, 1.165) is 22.3 Å². The smallest absolute Gasteiger partial charge is 0.179 e. The SMILES string of the molecule is Cc1cc(C)cc([C@H](CS(=O)(=O)c2ccccc2)c2ccccc2)c1. The molecule has 25 heavy (non-hydrogen) atoms. The van der Waals surface area contributed by atoms with Gasteiger partial charge < -0.3 is 0 Å². The lowest BCUT2D eigenvalue weighted by Crippen LogP contribution is -2.16. The number of sulfone groups is 1. The van der Waals surface area contributed by atoms with Gasteiger partial charge in [-0.25, -0.2) is 8.42 Å². The van der Waals surface area contributed by atoms with Crippen molar-refractivity contribution in [3.8, 4) is 0 Å². The van der Waals surface area contributed by atoms with Gasteiger partial charge in [0.25, 0.3) is 0 Å². The third-order valence-electron chi connectivity index (χ3n) is 4.34. The molecule has 1 atom stereocenters. The highest BCUT2D eigenvalue weighted by atomic mass is 32.2. The van der Waals surface area contributed by atoms with E-state index in [9.17, 15) is 8.42 Å². The zero-order valence-corrected chi connectivity index (χ0v) is 15.3. The summed E-state index contributed by atoms with van der Waals surface area (Å²) in [6, 6.07) is 24.9. The van der Waals surface area contributed by atoms with Gasteiger partial charge in [0, 0.05) is 5.92 Å². The van der Waals surface area contributed by atoms with Crippen molar-refractivity contribution >= 4 is 9.84 Å². The number of hydrogen-bond acceptors (Lipinski definition) is 2. The summed E-state index contributed by atoms with van der Waals surface area (Å²) in [5.74, 6) is -0.130. The molecule has 3 aromatic rings. The van der Waals surface area contributed by atoms with Crippen LogP contribution in [-0.2, 0) is 9.84 Å². The lowest BCUT2D eigenvalue weighted by atomic mass is 9.91. The average Bonchev–Trinajstić information content (AvgIpc) is 2.60. The van der Waals surface area contributed by atoms with Crippen LogP contribution in [0.15, 0.2) is 83.8 Å². The van der Waals surface area contributed by atoms with Crippen molar-refractivity contribution in [2.75, 3.05) is 5.75 Å². The highest BCUT2D eigenvalue weighted by molar-refractivity contribution is 7.91. The molecule has 0 aliphatic carbocycles. The van der Waals surface area contributed by atoms with E-state index in [1.54, 1.807) is 24.3 Å². The van der Waals surface area contributed by atoms with Gasteiger partial charge in [0.05, 0.1) is 10.6 Å². The first kappa shape index (κ1) is 17.4. The first-order valence-electron chi connectivity index (χ1n) is 8.37. The zero-order valence-electron chi connectivity index (χ0n) is 14.5. The maximum absolute atomic E-state index is 13.0. The average molecular weight is 350 g/mol. The molecule has 2 nitrogen and oxygen atoms in total. The van der Waals surface area contributed by atoms with E-state index in [0.29, 0.717) is 4.90 Å². The van der Waals surface area contributed by atoms with Crippen LogP contribution in [0, 0.1) is 13.8 Å². The molecule has 3 aromatic carbocycles. The van der Waals surface area contributed by atoms with Gasteiger partial charge in [0.15, 0.2) is 9.84 Å². The van der Waals surface area contributed by atoms with E-state index in [-0.39, 0.29) is 11.7 Å². The van der Waals surface area contributed by atoms with Crippen LogP contribution < -0.4 is 0 Å². The van der Waals surface area contributed by atoms with Crippen molar-refractivity contribution in [1.29, 1.82) is 0 Å². The van der Waals surface area contributed by atoms with Gasteiger partial charge in [0.2, 0.25) is 0 Å². The van der Waals surface area contributed by atoms with Crippen LogP contribution in [-0.4, -0.2) is 14.2 Å². The van der Waals surface area contributed by atoms with E-state index in [4.69, 9.17) is 0 Å². The van der Waals surface area contributed by atoms with Crippen LogP contribution in [0.5, 0.6) is 0 Å². The van der Waals surface area contributed by atoms with Crippen molar-refractivity contribution < 1.29 is 8.42 Å². The van der Waals surface area contributed by atoms with Gasteiger partial charge in [-0.05, 0) is 37.1 Å². The van der Waals surface area contributed by atoms with E-state index in [2.05, 4.69) is 18.2 Å². The van der Waals surface area contributed by atoms with Crippen molar-refractivity contribution in [2.24, 2.45) is 0 Å². The Morgan fingerprint density at radius 3 is 1.80 bits per heavy atom. The highest BCUT2D eigenvalue weighted by Gasteiger charge is 2.24. The second-order valence-electron chi connectivity index (χ2n) is 6.48. The summed E-state index contributed by atoms with van der Waals surface area (Å²) in [6.07, 6.45) is 0. The Balaban J connectivity index is 2.06. The van der Waals surface area contributed by atoms with Crippen LogP contribution in [0.1, 0.15) is 28.2 Å². The van der Waals surface area contributed by atoms with Crippen molar-refractivity contribution in [1.82, 2.24) is 0 Å². The van der Waals surface area contributed by atoms with Crippen LogP contribution in [0.2, 0.25) is 0 Å².